The lowest BCUT2D eigenvalue weighted by Crippen LogP contribution is -2.47. The van der Waals surface area contributed by atoms with Gasteiger partial charge in [0.25, 0.3) is 0 Å². The number of ether oxygens (including phenoxy) is 3. The number of benzene rings is 1. The lowest BCUT2D eigenvalue weighted by Gasteiger charge is -2.39. The Morgan fingerprint density at radius 2 is 2.05 bits per heavy atom. The van der Waals surface area contributed by atoms with E-state index >= 15 is 0 Å². The minimum Gasteiger partial charge on any atom is -0.469 e. The first kappa shape index (κ1) is 15.7. The first-order valence-electron chi connectivity index (χ1n) is 6.98. The van der Waals surface area contributed by atoms with Gasteiger partial charge in [-0.05, 0) is 12.0 Å². The van der Waals surface area contributed by atoms with E-state index in [4.69, 9.17) is 9.47 Å². The summed E-state index contributed by atoms with van der Waals surface area (Å²) in [5, 5.41) is 0. The van der Waals surface area contributed by atoms with E-state index in [0.717, 1.165) is 5.56 Å². The summed E-state index contributed by atoms with van der Waals surface area (Å²) >= 11 is 0. The Hall–Kier alpha value is -1.72. The molecule has 5 heteroatoms. The molecule has 114 valence electrons. The van der Waals surface area contributed by atoms with Gasteiger partial charge in [0.15, 0.2) is 17.7 Å². The Labute approximate surface area is 124 Å². The maximum atomic E-state index is 12.5. The average molecular weight is 292 g/mol. The molecule has 5 nitrogen and oxygen atoms in total. The fourth-order valence-corrected chi connectivity index (χ4v) is 2.63. The summed E-state index contributed by atoms with van der Waals surface area (Å²) in [6.07, 6.45) is 0.827. The van der Waals surface area contributed by atoms with Gasteiger partial charge < -0.3 is 14.2 Å². The fraction of sp³-hybridized carbons (Fsp3) is 0.500. The average Bonchev–Trinajstić information content (AvgIpc) is 2.54. The van der Waals surface area contributed by atoms with E-state index in [-0.39, 0.29) is 24.6 Å². The van der Waals surface area contributed by atoms with Gasteiger partial charge in [-0.25, -0.2) is 0 Å². The minimum atomic E-state index is -1.13. The molecule has 0 radical (unpaired) electrons. The second-order valence-corrected chi connectivity index (χ2v) is 5.01. The summed E-state index contributed by atoms with van der Waals surface area (Å²) < 4.78 is 15.9. The first-order valence-corrected chi connectivity index (χ1v) is 6.98. The molecule has 2 rings (SSSR count). The third-order valence-corrected chi connectivity index (χ3v) is 3.80. The number of hydrogen-bond donors (Lipinski definition) is 0. The molecule has 1 aromatic rings. The lowest BCUT2D eigenvalue weighted by atomic mass is 9.81. The SMILES string of the molecule is COC(=O)CC[C@]1(c2ccccc2)O[C@H](OC)CCC1=O. The van der Waals surface area contributed by atoms with Gasteiger partial charge in [-0.2, -0.15) is 0 Å². The number of carbonyl (C=O) groups is 2. The van der Waals surface area contributed by atoms with Gasteiger partial charge in [0.1, 0.15) is 0 Å². The third-order valence-electron chi connectivity index (χ3n) is 3.80. The molecule has 2 atom stereocenters. The zero-order chi connectivity index (χ0) is 15.3. The Morgan fingerprint density at radius 1 is 1.33 bits per heavy atom. The molecule has 1 heterocycles. The van der Waals surface area contributed by atoms with Crippen molar-refractivity contribution < 1.29 is 23.8 Å². The van der Waals surface area contributed by atoms with Gasteiger partial charge in [0.05, 0.1) is 7.11 Å². The molecule has 0 spiro atoms. The Kier molecular flexibility index (Phi) is 5.09. The van der Waals surface area contributed by atoms with Crippen LogP contribution in [-0.2, 0) is 29.4 Å². The van der Waals surface area contributed by atoms with Crippen molar-refractivity contribution in [1.82, 2.24) is 0 Å². The maximum Gasteiger partial charge on any atom is 0.305 e. The number of carbonyl (C=O) groups excluding carboxylic acids is 2. The van der Waals surface area contributed by atoms with Gasteiger partial charge in [-0.1, -0.05) is 30.3 Å². The van der Waals surface area contributed by atoms with E-state index in [1.165, 1.54) is 7.11 Å². The smallest absolute Gasteiger partial charge is 0.305 e. The summed E-state index contributed by atoms with van der Waals surface area (Å²) in [7, 11) is 2.88. The quantitative estimate of drug-likeness (QED) is 0.778. The van der Waals surface area contributed by atoms with Crippen molar-refractivity contribution in [1.29, 1.82) is 0 Å². The molecule has 1 saturated heterocycles. The maximum absolute atomic E-state index is 12.5. The predicted octanol–water partition coefficient (Wildman–Crippen LogP) is 2.19. The normalized spacial score (nSPS) is 25.6. The van der Waals surface area contributed by atoms with Crippen LogP contribution in [0.3, 0.4) is 0 Å². The van der Waals surface area contributed by atoms with Gasteiger partial charge >= 0.3 is 5.97 Å². The van der Waals surface area contributed by atoms with Crippen LogP contribution in [0.4, 0.5) is 0 Å². The van der Waals surface area contributed by atoms with E-state index in [0.29, 0.717) is 12.8 Å². The fourth-order valence-electron chi connectivity index (χ4n) is 2.63. The Morgan fingerprint density at radius 3 is 2.67 bits per heavy atom. The number of rotatable bonds is 5. The van der Waals surface area contributed by atoms with Gasteiger partial charge in [0.2, 0.25) is 0 Å². The van der Waals surface area contributed by atoms with Crippen molar-refractivity contribution in [3.8, 4) is 0 Å². The van der Waals surface area contributed by atoms with E-state index in [1.807, 2.05) is 30.3 Å². The molecule has 0 unspecified atom stereocenters. The molecule has 1 aliphatic rings. The van der Waals surface area contributed by atoms with E-state index in [1.54, 1.807) is 7.11 Å². The largest absolute Gasteiger partial charge is 0.469 e. The molecule has 0 N–H and O–H groups in total. The molecule has 21 heavy (non-hydrogen) atoms. The summed E-state index contributed by atoms with van der Waals surface area (Å²) in [6, 6.07) is 9.25. The van der Waals surface area contributed by atoms with Crippen molar-refractivity contribution in [2.45, 2.75) is 37.6 Å². The minimum absolute atomic E-state index is 0.0223. The number of ketones is 1. The molecule has 0 amide bonds. The zero-order valence-corrected chi connectivity index (χ0v) is 12.3. The van der Waals surface area contributed by atoms with Crippen LogP contribution >= 0.6 is 0 Å². The first-order chi connectivity index (χ1) is 10.1. The monoisotopic (exact) mass is 292 g/mol. The highest BCUT2D eigenvalue weighted by Gasteiger charge is 2.46. The highest BCUT2D eigenvalue weighted by Crippen LogP contribution is 2.39. The van der Waals surface area contributed by atoms with Crippen molar-refractivity contribution in [3.63, 3.8) is 0 Å². The van der Waals surface area contributed by atoms with Crippen LogP contribution in [0, 0.1) is 0 Å². The third kappa shape index (κ3) is 3.31. The van der Waals surface area contributed by atoms with Crippen molar-refractivity contribution in [2.24, 2.45) is 0 Å². The Bertz CT molecular complexity index is 499. The van der Waals surface area contributed by atoms with E-state index < -0.39 is 11.9 Å². The van der Waals surface area contributed by atoms with Gasteiger partial charge in [-0.3, -0.25) is 9.59 Å². The van der Waals surface area contributed by atoms with Crippen molar-refractivity contribution >= 4 is 11.8 Å². The van der Waals surface area contributed by atoms with Crippen LogP contribution in [0.2, 0.25) is 0 Å². The number of esters is 1. The second-order valence-electron chi connectivity index (χ2n) is 5.01. The summed E-state index contributed by atoms with van der Waals surface area (Å²) in [6.45, 7) is 0. The van der Waals surface area contributed by atoms with Crippen molar-refractivity contribution in [3.05, 3.63) is 35.9 Å². The highest BCUT2D eigenvalue weighted by molar-refractivity contribution is 5.89. The molecular weight excluding hydrogens is 272 g/mol. The topological polar surface area (TPSA) is 61.8 Å². The lowest BCUT2D eigenvalue weighted by molar-refractivity contribution is -0.226. The van der Waals surface area contributed by atoms with Crippen LogP contribution in [0.25, 0.3) is 0 Å². The number of Topliss-reactive ketones (excluding diaryl/α,β-unsaturated/α-hetero) is 1. The summed E-state index contributed by atoms with van der Waals surface area (Å²) in [4.78, 5) is 24.0. The second kappa shape index (κ2) is 6.83. The molecule has 1 aromatic carbocycles. The van der Waals surface area contributed by atoms with Crippen LogP contribution < -0.4 is 0 Å². The van der Waals surface area contributed by atoms with Crippen LogP contribution in [-0.4, -0.2) is 32.3 Å². The summed E-state index contributed by atoms with van der Waals surface area (Å²) in [5.74, 6) is -0.382. The number of hydrogen-bond acceptors (Lipinski definition) is 5. The zero-order valence-electron chi connectivity index (χ0n) is 12.3. The van der Waals surface area contributed by atoms with Crippen LogP contribution in [0.5, 0.6) is 0 Å². The Balaban J connectivity index is 2.33. The van der Waals surface area contributed by atoms with E-state index in [2.05, 4.69) is 4.74 Å². The molecule has 0 aromatic heterocycles. The van der Waals surface area contributed by atoms with Crippen LogP contribution in [0.1, 0.15) is 31.2 Å². The van der Waals surface area contributed by atoms with Gasteiger partial charge in [-0.15, -0.1) is 0 Å². The number of methoxy groups -OCH3 is 2. The molecule has 0 bridgehead atoms. The predicted molar refractivity (Wildman–Crippen MR) is 75.5 cm³/mol. The van der Waals surface area contributed by atoms with Crippen LogP contribution in [0.15, 0.2) is 30.3 Å². The highest BCUT2D eigenvalue weighted by atomic mass is 16.7. The molecule has 1 fully saturated rings. The van der Waals surface area contributed by atoms with Gasteiger partial charge in [0, 0.05) is 26.4 Å². The molecule has 1 aliphatic heterocycles. The van der Waals surface area contributed by atoms with E-state index in [9.17, 15) is 9.59 Å². The van der Waals surface area contributed by atoms with Crippen molar-refractivity contribution in [2.75, 3.05) is 14.2 Å². The molecular formula is C16H20O5. The standard InChI is InChI=1S/C16H20O5/c1-19-14(18)10-11-16(12-6-4-3-5-7-12)13(17)8-9-15(20-2)21-16/h3-7,15H,8-11H2,1-2H3/t15-,16+/m0/s1. The molecule has 0 aliphatic carbocycles. The molecule has 0 saturated carbocycles. The summed E-state index contributed by atoms with van der Waals surface area (Å²) in [5.41, 5.74) is -0.380.